The van der Waals surface area contributed by atoms with Crippen molar-refractivity contribution in [1.29, 1.82) is 0 Å². The van der Waals surface area contributed by atoms with Crippen LogP contribution in [0.4, 0.5) is 31.1 Å². The first kappa shape index (κ1) is 23.4. The lowest BCUT2D eigenvalue weighted by atomic mass is 9.60. The average Bonchev–Trinajstić information content (AvgIpc) is 2.58. The molecule has 2 atom stereocenters. The van der Waals surface area contributed by atoms with E-state index >= 15 is 0 Å². The highest BCUT2D eigenvalue weighted by Gasteiger charge is 2.59. The molecule has 31 heavy (non-hydrogen) atoms. The molecule has 0 bridgehead atoms. The summed E-state index contributed by atoms with van der Waals surface area (Å²) in [5.74, 6) is -4.52. The molecule has 3 rings (SSSR count). The molecule has 1 saturated heterocycles. The normalized spacial score (nSPS) is 28.0. The number of carbonyl (C=O) groups is 2. The Morgan fingerprint density at radius 2 is 1.90 bits per heavy atom. The van der Waals surface area contributed by atoms with Crippen molar-refractivity contribution >= 4 is 23.5 Å². The number of pyridine rings is 1. The van der Waals surface area contributed by atoms with E-state index in [1.165, 1.54) is 6.92 Å². The van der Waals surface area contributed by atoms with Gasteiger partial charge in [0.15, 0.2) is 5.69 Å². The van der Waals surface area contributed by atoms with Crippen LogP contribution in [0, 0.1) is 11.8 Å². The maximum atomic E-state index is 13.4. The number of rotatable bonds is 3. The summed E-state index contributed by atoms with van der Waals surface area (Å²) in [7, 11) is 0. The number of hydrogen-bond acceptors (Lipinski definition) is 3. The van der Waals surface area contributed by atoms with E-state index in [1.54, 1.807) is 0 Å². The summed E-state index contributed by atoms with van der Waals surface area (Å²) < 4.78 is 79.4. The maximum absolute atomic E-state index is 13.4. The highest BCUT2D eigenvalue weighted by molar-refractivity contribution is 6.31. The van der Waals surface area contributed by atoms with E-state index in [4.69, 9.17) is 17.3 Å². The zero-order chi connectivity index (χ0) is 23.4. The molecule has 0 spiro atoms. The number of alkyl halides is 6. The van der Waals surface area contributed by atoms with Gasteiger partial charge < -0.3 is 16.0 Å². The van der Waals surface area contributed by atoms with Gasteiger partial charge in [-0.3, -0.25) is 4.79 Å². The van der Waals surface area contributed by atoms with Crippen LogP contribution >= 0.6 is 11.6 Å². The number of nitrogens with zero attached hydrogens (tertiary/aromatic N) is 2. The van der Waals surface area contributed by atoms with Crippen molar-refractivity contribution in [3.05, 3.63) is 28.5 Å². The molecule has 1 aliphatic carbocycles. The minimum absolute atomic E-state index is 0.0434. The topological polar surface area (TPSA) is 88.3 Å². The molecule has 0 radical (unpaired) electrons. The van der Waals surface area contributed by atoms with Crippen LogP contribution < -0.4 is 11.1 Å². The minimum atomic E-state index is -4.93. The number of nitrogens with one attached hydrogen (secondary N) is 1. The molecule has 2 fully saturated rings. The van der Waals surface area contributed by atoms with E-state index in [1.807, 2.05) is 0 Å². The third-order valence-corrected chi connectivity index (χ3v) is 6.38. The Bertz CT molecular complexity index is 887. The maximum Gasteiger partial charge on any atom is 0.434 e. The number of nitrogens with two attached hydrogens (primary N) is 1. The van der Waals surface area contributed by atoms with Crippen LogP contribution in [0.1, 0.15) is 37.1 Å². The van der Waals surface area contributed by atoms with E-state index in [-0.39, 0.29) is 18.8 Å². The number of primary amides is 1. The molecule has 1 saturated carbocycles. The van der Waals surface area contributed by atoms with Gasteiger partial charge in [-0.15, -0.1) is 0 Å². The van der Waals surface area contributed by atoms with Gasteiger partial charge in [0.25, 0.3) is 0 Å². The second-order valence-corrected chi connectivity index (χ2v) is 8.31. The lowest BCUT2D eigenvalue weighted by Crippen LogP contribution is -2.69. The SMILES string of the molecule is CC1([C@H](c2ccc(Cl)c(C(F)(F)F)n2)C2CC(C(F)(F)F)C2)C(=O)NCCN1C(N)=O. The molecular weight excluding hydrogens is 454 g/mol. The first-order valence-corrected chi connectivity index (χ1v) is 9.71. The number of aromatic nitrogens is 1. The summed E-state index contributed by atoms with van der Waals surface area (Å²) in [5, 5.41) is 1.83. The monoisotopic (exact) mass is 472 g/mol. The molecule has 13 heteroatoms. The fourth-order valence-corrected chi connectivity index (χ4v) is 4.69. The summed E-state index contributed by atoms with van der Waals surface area (Å²) in [5.41, 5.74) is 1.86. The molecule has 1 unspecified atom stereocenters. The third kappa shape index (κ3) is 4.13. The second kappa shape index (κ2) is 7.72. The van der Waals surface area contributed by atoms with Crippen LogP contribution in [-0.4, -0.2) is 46.6 Å². The third-order valence-electron chi connectivity index (χ3n) is 6.08. The van der Waals surface area contributed by atoms with Gasteiger partial charge in [-0.1, -0.05) is 11.6 Å². The summed E-state index contributed by atoms with van der Waals surface area (Å²) in [4.78, 5) is 29.5. The van der Waals surface area contributed by atoms with Gasteiger partial charge in [0, 0.05) is 24.7 Å². The predicted octanol–water partition coefficient (Wildman–Crippen LogP) is 3.70. The van der Waals surface area contributed by atoms with Crippen LogP contribution in [0.3, 0.4) is 0 Å². The number of piperazine rings is 1. The van der Waals surface area contributed by atoms with E-state index in [9.17, 15) is 35.9 Å². The molecule has 3 amide bonds. The average molecular weight is 473 g/mol. The van der Waals surface area contributed by atoms with Crippen LogP contribution in [-0.2, 0) is 11.0 Å². The van der Waals surface area contributed by atoms with E-state index in [0.717, 1.165) is 17.0 Å². The van der Waals surface area contributed by atoms with Gasteiger partial charge in [0.2, 0.25) is 5.91 Å². The van der Waals surface area contributed by atoms with Crippen molar-refractivity contribution in [2.75, 3.05) is 13.1 Å². The zero-order valence-corrected chi connectivity index (χ0v) is 16.9. The second-order valence-electron chi connectivity index (χ2n) is 7.91. The van der Waals surface area contributed by atoms with E-state index in [0.29, 0.717) is 0 Å². The molecule has 0 aromatic carbocycles. The van der Waals surface area contributed by atoms with Crippen LogP contribution in [0.15, 0.2) is 12.1 Å². The number of urea groups is 1. The lowest BCUT2D eigenvalue weighted by Gasteiger charge is -2.52. The Morgan fingerprint density at radius 3 is 2.42 bits per heavy atom. The number of carbonyl (C=O) groups excluding carboxylic acids is 2. The molecule has 6 nitrogen and oxygen atoms in total. The highest BCUT2D eigenvalue weighted by Crippen LogP contribution is 2.54. The van der Waals surface area contributed by atoms with Crippen molar-refractivity contribution in [1.82, 2.24) is 15.2 Å². The van der Waals surface area contributed by atoms with E-state index < -0.39 is 71.1 Å². The van der Waals surface area contributed by atoms with Crippen molar-refractivity contribution in [3.63, 3.8) is 0 Å². The summed E-state index contributed by atoms with van der Waals surface area (Å²) >= 11 is 5.63. The Balaban J connectivity index is 2.13. The molecule has 1 aromatic heterocycles. The van der Waals surface area contributed by atoms with Crippen molar-refractivity contribution in [2.45, 2.75) is 43.6 Å². The van der Waals surface area contributed by atoms with E-state index in [2.05, 4.69) is 10.3 Å². The fourth-order valence-electron chi connectivity index (χ4n) is 4.48. The smallest absolute Gasteiger partial charge is 0.352 e. The molecule has 2 aliphatic rings. The van der Waals surface area contributed by atoms with Crippen molar-refractivity contribution in [3.8, 4) is 0 Å². The largest absolute Gasteiger partial charge is 0.434 e. The summed E-state index contributed by atoms with van der Waals surface area (Å²) in [6.45, 7) is 1.27. The van der Waals surface area contributed by atoms with Gasteiger partial charge in [0.1, 0.15) is 5.54 Å². The van der Waals surface area contributed by atoms with Gasteiger partial charge in [-0.05, 0) is 37.8 Å². The molecular formula is C18H19ClF6N4O2. The zero-order valence-electron chi connectivity index (χ0n) is 16.1. The molecule has 1 aromatic rings. The van der Waals surface area contributed by atoms with Gasteiger partial charge in [-0.25, -0.2) is 9.78 Å². The first-order valence-electron chi connectivity index (χ1n) is 9.33. The number of hydrogen-bond donors (Lipinski definition) is 2. The van der Waals surface area contributed by atoms with Gasteiger partial charge in [-0.2, -0.15) is 26.3 Å². The molecule has 1 aliphatic heterocycles. The minimum Gasteiger partial charge on any atom is -0.352 e. The lowest BCUT2D eigenvalue weighted by molar-refractivity contribution is -0.209. The highest BCUT2D eigenvalue weighted by atomic mass is 35.5. The molecule has 3 N–H and O–H groups in total. The van der Waals surface area contributed by atoms with Crippen LogP contribution in [0.2, 0.25) is 5.02 Å². The Morgan fingerprint density at radius 1 is 1.29 bits per heavy atom. The van der Waals surface area contributed by atoms with Crippen molar-refractivity contribution in [2.24, 2.45) is 17.6 Å². The standard InChI is InChI=1S/C18H19ClF6N4O2/c1-16(14(30)27-4-5-29(16)15(26)31)12(8-6-9(7-8)17(20,21)22)11-3-2-10(19)13(28-11)18(23,24)25/h2-3,8-9,12H,4-7H2,1H3,(H2,26,31)(H,27,30)/t8?,9?,12-,16?/m0/s1. The van der Waals surface area contributed by atoms with Gasteiger partial charge >= 0.3 is 18.4 Å². The quantitative estimate of drug-likeness (QED) is 0.658. The van der Waals surface area contributed by atoms with Crippen LogP contribution in [0.5, 0.6) is 0 Å². The summed E-state index contributed by atoms with van der Waals surface area (Å²) in [6.07, 6.45) is -10.2. The Hall–Kier alpha value is -2.24. The molecule has 2 heterocycles. The number of amides is 3. The number of halogens is 7. The van der Waals surface area contributed by atoms with Crippen molar-refractivity contribution < 1.29 is 35.9 Å². The predicted molar refractivity (Wildman–Crippen MR) is 97.0 cm³/mol. The Labute approximate surface area is 178 Å². The molecule has 172 valence electrons. The Kier molecular flexibility index (Phi) is 5.83. The summed E-state index contributed by atoms with van der Waals surface area (Å²) in [6, 6.07) is 1.05. The first-order chi connectivity index (χ1) is 14.2. The fraction of sp³-hybridized carbons (Fsp3) is 0.611. The van der Waals surface area contributed by atoms with Crippen LogP contribution in [0.25, 0.3) is 0 Å². The van der Waals surface area contributed by atoms with Gasteiger partial charge in [0.05, 0.1) is 10.9 Å².